The zero-order chi connectivity index (χ0) is 16.2. The van der Waals surface area contributed by atoms with Gasteiger partial charge in [-0.2, -0.15) is 0 Å². The molecule has 0 unspecified atom stereocenters. The Balaban J connectivity index is 1.55. The van der Waals surface area contributed by atoms with E-state index in [0.717, 1.165) is 23.3 Å². The number of ether oxygens (including phenoxy) is 1. The number of carbonyl (C=O) groups is 1. The van der Waals surface area contributed by atoms with Gasteiger partial charge in [0.15, 0.2) is 0 Å². The molecule has 0 radical (unpaired) electrons. The van der Waals surface area contributed by atoms with Crippen molar-refractivity contribution in [3.05, 3.63) is 65.7 Å². The van der Waals surface area contributed by atoms with Crippen LogP contribution >= 0.6 is 0 Å². The van der Waals surface area contributed by atoms with E-state index >= 15 is 0 Å². The fourth-order valence-electron chi connectivity index (χ4n) is 2.92. The van der Waals surface area contributed by atoms with Crippen LogP contribution in [0.25, 0.3) is 0 Å². The third-order valence-corrected chi connectivity index (χ3v) is 4.32. The molecule has 1 saturated carbocycles. The molecule has 3 rings (SSSR count). The standard InChI is InChI=1S/C19H21NO3/c1-23-18-10-6-5-9-14(18)15-11-16(15)19(22)20-12-17(21)13-7-3-2-4-8-13/h2-10,15-17,21H,11-12H2,1H3,(H,20,22)/t15-,16+,17-/m0/s1. The van der Waals surface area contributed by atoms with Gasteiger partial charge in [-0.1, -0.05) is 48.5 Å². The van der Waals surface area contributed by atoms with Crippen molar-refractivity contribution in [1.29, 1.82) is 0 Å². The molecule has 1 amide bonds. The third-order valence-electron chi connectivity index (χ3n) is 4.32. The lowest BCUT2D eigenvalue weighted by Crippen LogP contribution is -2.30. The Bertz CT molecular complexity index is 671. The van der Waals surface area contributed by atoms with Crippen LogP contribution in [0, 0.1) is 5.92 Å². The Morgan fingerprint density at radius 3 is 2.65 bits per heavy atom. The van der Waals surface area contributed by atoms with Gasteiger partial charge in [0.05, 0.1) is 13.2 Å². The topological polar surface area (TPSA) is 58.6 Å². The Morgan fingerprint density at radius 2 is 1.91 bits per heavy atom. The monoisotopic (exact) mass is 311 g/mol. The molecule has 1 aliphatic rings. The maximum absolute atomic E-state index is 12.3. The fourth-order valence-corrected chi connectivity index (χ4v) is 2.92. The number of methoxy groups -OCH3 is 1. The Labute approximate surface area is 136 Å². The second kappa shape index (κ2) is 6.84. The van der Waals surface area contributed by atoms with Crippen molar-refractivity contribution in [2.45, 2.75) is 18.4 Å². The summed E-state index contributed by atoms with van der Waals surface area (Å²) in [6.07, 6.45) is 0.150. The van der Waals surface area contributed by atoms with E-state index in [9.17, 15) is 9.90 Å². The van der Waals surface area contributed by atoms with Crippen LogP contribution in [-0.2, 0) is 4.79 Å². The summed E-state index contributed by atoms with van der Waals surface area (Å²) in [5.74, 6) is 1.00. The molecule has 2 aromatic rings. The van der Waals surface area contributed by atoms with Gasteiger partial charge in [0.25, 0.3) is 0 Å². The second-order valence-electron chi connectivity index (χ2n) is 5.86. The van der Waals surface area contributed by atoms with Crippen LogP contribution < -0.4 is 10.1 Å². The molecule has 0 spiro atoms. The minimum absolute atomic E-state index is 0.00381. The summed E-state index contributed by atoms with van der Waals surface area (Å²) in [6, 6.07) is 17.2. The molecular weight excluding hydrogens is 290 g/mol. The molecule has 0 aromatic heterocycles. The maximum atomic E-state index is 12.3. The third kappa shape index (κ3) is 3.54. The first-order valence-electron chi connectivity index (χ1n) is 7.84. The first-order valence-corrected chi connectivity index (χ1v) is 7.84. The molecule has 1 fully saturated rings. The van der Waals surface area contributed by atoms with Crippen LogP contribution in [0.5, 0.6) is 5.75 Å². The summed E-state index contributed by atoms with van der Waals surface area (Å²) in [4.78, 5) is 12.3. The van der Waals surface area contributed by atoms with Crippen molar-refractivity contribution in [2.75, 3.05) is 13.7 Å². The number of nitrogens with one attached hydrogen (secondary N) is 1. The van der Waals surface area contributed by atoms with E-state index in [1.54, 1.807) is 7.11 Å². The zero-order valence-electron chi connectivity index (χ0n) is 13.1. The molecule has 2 aromatic carbocycles. The lowest BCUT2D eigenvalue weighted by molar-refractivity contribution is -0.122. The van der Waals surface area contributed by atoms with Crippen molar-refractivity contribution in [3.63, 3.8) is 0 Å². The Hall–Kier alpha value is -2.33. The van der Waals surface area contributed by atoms with Crippen molar-refractivity contribution in [2.24, 2.45) is 5.92 Å². The van der Waals surface area contributed by atoms with Crippen molar-refractivity contribution in [1.82, 2.24) is 5.32 Å². The quantitative estimate of drug-likeness (QED) is 0.862. The predicted octanol–water partition coefficient (Wildman–Crippen LogP) is 2.65. The molecule has 0 heterocycles. The smallest absolute Gasteiger partial charge is 0.223 e. The van der Waals surface area contributed by atoms with Gasteiger partial charge in [-0.15, -0.1) is 0 Å². The highest BCUT2D eigenvalue weighted by molar-refractivity contribution is 5.83. The van der Waals surface area contributed by atoms with E-state index in [-0.39, 0.29) is 24.3 Å². The van der Waals surface area contributed by atoms with Gasteiger partial charge in [-0.05, 0) is 29.5 Å². The lowest BCUT2D eigenvalue weighted by Gasteiger charge is -2.12. The minimum Gasteiger partial charge on any atom is -0.496 e. The van der Waals surface area contributed by atoms with Gasteiger partial charge in [0.1, 0.15) is 5.75 Å². The van der Waals surface area contributed by atoms with Gasteiger partial charge in [-0.3, -0.25) is 4.79 Å². The molecule has 120 valence electrons. The number of hydrogen-bond donors (Lipinski definition) is 2. The molecule has 4 nitrogen and oxygen atoms in total. The van der Waals surface area contributed by atoms with Gasteiger partial charge < -0.3 is 15.2 Å². The van der Waals surface area contributed by atoms with E-state index in [4.69, 9.17) is 4.74 Å². The van der Waals surface area contributed by atoms with Crippen LogP contribution in [-0.4, -0.2) is 24.7 Å². The second-order valence-corrected chi connectivity index (χ2v) is 5.86. The van der Waals surface area contributed by atoms with E-state index in [2.05, 4.69) is 5.32 Å². The van der Waals surface area contributed by atoms with Crippen LogP contribution in [0.1, 0.15) is 29.6 Å². The summed E-state index contributed by atoms with van der Waals surface area (Å²) in [7, 11) is 1.65. The highest BCUT2D eigenvalue weighted by atomic mass is 16.5. The summed E-state index contributed by atoms with van der Waals surface area (Å²) in [5, 5.41) is 13.0. The summed E-state index contributed by atoms with van der Waals surface area (Å²) < 4.78 is 5.36. The zero-order valence-corrected chi connectivity index (χ0v) is 13.1. The highest BCUT2D eigenvalue weighted by Gasteiger charge is 2.45. The number of carbonyl (C=O) groups excluding carboxylic acids is 1. The lowest BCUT2D eigenvalue weighted by atomic mass is 10.1. The molecule has 4 heteroatoms. The summed E-state index contributed by atoms with van der Waals surface area (Å²) in [6.45, 7) is 0.234. The largest absolute Gasteiger partial charge is 0.496 e. The minimum atomic E-state index is -0.677. The van der Waals surface area contributed by atoms with E-state index in [1.807, 2.05) is 54.6 Å². The Morgan fingerprint density at radius 1 is 1.22 bits per heavy atom. The predicted molar refractivity (Wildman–Crippen MR) is 88.3 cm³/mol. The molecule has 0 bridgehead atoms. The number of aliphatic hydroxyl groups is 1. The van der Waals surface area contributed by atoms with Crippen LogP contribution in [0.3, 0.4) is 0 Å². The average molecular weight is 311 g/mol. The van der Waals surface area contributed by atoms with Crippen molar-refractivity contribution >= 4 is 5.91 Å². The number of benzene rings is 2. The van der Waals surface area contributed by atoms with Crippen LogP contribution in [0.2, 0.25) is 0 Å². The van der Waals surface area contributed by atoms with Crippen LogP contribution in [0.15, 0.2) is 54.6 Å². The first-order chi connectivity index (χ1) is 11.2. The maximum Gasteiger partial charge on any atom is 0.223 e. The van der Waals surface area contributed by atoms with E-state index < -0.39 is 6.10 Å². The van der Waals surface area contributed by atoms with E-state index in [1.165, 1.54) is 0 Å². The number of amides is 1. The van der Waals surface area contributed by atoms with Gasteiger partial charge >= 0.3 is 0 Å². The molecule has 0 aliphatic heterocycles. The average Bonchev–Trinajstić information content (AvgIpc) is 3.40. The molecule has 2 N–H and O–H groups in total. The molecule has 0 saturated heterocycles. The molecular formula is C19H21NO3. The van der Waals surface area contributed by atoms with Crippen LogP contribution in [0.4, 0.5) is 0 Å². The van der Waals surface area contributed by atoms with E-state index in [0.29, 0.717) is 0 Å². The van der Waals surface area contributed by atoms with Gasteiger partial charge in [0, 0.05) is 12.5 Å². The molecule has 3 atom stereocenters. The first kappa shape index (κ1) is 15.6. The number of aliphatic hydroxyl groups excluding tert-OH is 1. The SMILES string of the molecule is COc1ccccc1[C@@H]1C[C@H]1C(=O)NC[C@H](O)c1ccccc1. The molecule has 23 heavy (non-hydrogen) atoms. The number of hydrogen-bond acceptors (Lipinski definition) is 3. The van der Waals surface area contributed by atoms with Crippen molar-refractivity contribution in [3.8, 4) is 5.75 Å². The summed E-state index contributed by atoms with van der Waals surface area (Å²) in [5.41, 5.74) is 1.89. The normalized spacial score (nSPS) is 20.6. The van der Waals surface area contributed by atoms with Crippen molar-refractivity contribution < 1.29 is 14.6 Å². The number of rotatable bonds is 6. The summed E-state index contributed by atoms with van der Waals surface area (Å²) >= 11 is 0. The molecule has 1 aliphatic carbocycles. The van der Waals surface area contributed by atoms with Gasteiger partial charge in [-0.25, -0.2) is 0 Å². The van der Waals surface area contributed by atoms with Gasteiger partial charge in [0.2, 0.25) is 5.91 Å². The Kier molecular flexibility index (Phi) is 4.63. The number of para-hydroxylation sites is 1. The highest BCUT2D eigenvalue weighted by Crippen LogP contribution is 2.50. The fraction of sp³-hybridized carbons (Fsp3) is 0.316.